The molecule has 0 saturated carbocycles. The van der Waals surface area contributed by atoms with Gasteiger partial charge in [-0.1, -0.05) is 36.4 Å². The first-order chi connectivity index (χ1) is 19.2. The summed E-state index contributed by atoms with van der Waals surface area (Å²) in [5.74, 6) is 1.78. The summed E-state index contributed by atoms with van der Waals surface area (Å²) in [5, 5.41) is 12.2. The first-order valence-electron chi connectivity index (χ1n) is 12.0. The van der Waals surface area contributed by atoms with Crippen molar-refractivity contribution in [3.05, 3.63) is 90.5 Å². The molecule has 0 aliphatic heterocycles. The molecule has 0 saturated heterocycles. The van der Waals surface area contributed by atoms with Crippen LogP contribution in [-0.4, -0.2) is 42.9 Å². The van der Waals surface area contributed by atoms with Crippen LogP contribution < -0.4 is 21.3 Å². The number of hydrogen-bond acceptors (Lipinski definition) is 12. The van der Waals surface area contributed by atoms with Crippen LogP contribution in [0.3, 0.4) is 0 Å². The Morgan fingerprint density at radius 3 is 1.23 bits per heavy atom. The monoisotopic (exact) mass is 556 g/mol. The van der Waals surface area contributed by atoms with Crippen LogP contribution in [0.5, 0.6) is 0 Å². The van der Waals surface area contributed by atoms with Crippen LogP contribution >= 0.6 is 0 Å². The molecule has 5 rings (SSSR count). The van der Waals surface area contributed by atoms with E-state index in [2.05, 4.69) is 51.2 Å². The van der Waals surface area contributed by atoms with Crippen LogP contribution in [0, 0.1) is 13.8 Å². The molecule has 0 radical (unpaired) electrons. The average Bonchev–Trinajstić information content (AvgIpc) is 2.88. The second-order valence-electron chi connectivity index (χ2n) is 8.51. The van der Waals surface area contributed by atoms with Gasteiger partial charge in [-0.3, -0.25) is 4.55 Å². The van der Waals surface area contributed by atoms with Crippen molar-refractivity contribution in [2.24, 2.45) is 0 Å². The van der Waals surface area contributed by atoms with Gasteiger partial charge in [0.15, 0.2) is 0 Å². The number of anilines is 8. The summed E-state index contributed by atoms with van der Waals surface area (Å²) in [4.78, 5) is 25.6. The molecule has 5 N–H and O–H groups in total. The third-order valence-electron chi connectivity index (χ3n) is 5.27. The van der Waals surface area contributed by atoms with Crippen molar-refractivity contribution >= 4 is 56.7 Å². The van der Waals surface area contributed by atoms with Crippen molar-refractivity contribution in [1.82, 2.24) is 29.9 Å². The van der Waals surface area contributed by atoms with Crippen LogP contribution in [0.1, 0.15) is 11.6 Å². The second kappa shape index (κ2) is 11.3. The lowest BCUT2D eigenvalue weighted by Gasteiger charge is -2.13. The molecular formula is C26H24N10O3S. The molecule has 2 heterocycles. The van der Waals surface area contributed by atoms with Gasteiger partial charge < -0.3 is 21.3 Å². The third kappa shape index (κ3) is 7.00. The van der Waals surface area contributed by atoms with E-state index in [-0.39, 0.29) is 28.2 Å². The maximum atomic E-state index is 12.1. The Hall–Kier alpha value is -5.21. The highest BCUT2D eigenvalue weighted by atomic mass is 32.2. The van der Waals surface area contributed by atoms with Crippen LogP contribution in [0.15, 0.2) is 83.8 Å². The van der Waals surface area contributed by atoms with Crippen molar-refractivity contribution in [2.75, 3.05) is 21.3 Å². The zero-order valence-corrected chi connectivity index (χ0v) is 22.2. The van der Waals surface area contributed by atoms with E-state index in [9.17, 15) is 13.0 Å². The number of nitrogens with one attached hydrogen (secondary N) is 4. The van der Waals surface area contributed by atoms with Gasteiger partial charge in [0, 0.05) is 22.7 Å². The van der Waals surface area contributed by atoms with Gasteiger partial charge in [0.05, 0.1) is 4.90 Å². The minimum absolute atomic E-state index is 0.162. The highest BCUT2D eigenvalue weighted by molar-refractivity contribution is 7.85. The molecule has 13 nitrogen and oxygen atoms in total. The van der Waals surface area contributed by atoms with Gasteiger partial charge in [-0.25, -0.2) is 0 Å². The Morgan fingerprint density at radius 1 is 0.525 bits per heavy atom. The Morgan fingerprint density at radius 2 is 0.875 bits per heavy atom. The van der Waals surface area contributed by atoms with Gasteiger partial charge in [0.25, 0.3) is 10.1 Å². The second-order valence-corrected chi connectivity index (χ2v) is 9.93. The van der Waals surface area contributed by atoms with E-state index in [1.54, 1.807) is 19.9 Å². The van der Waals surface area contributed by atoms with Gasteiger partial charge in [0.2, 0.25) is 23.8 Å². The Labute approximate surface area is 230 Å². The molecule has 0 atom stereocenters. The number of rotatable bonds is 9. The number of benzene rings is 3. The Balaban J connectivity index is 1.43. The predicted octanol–water partition coefficient (Wildman–Crippen LogP) is 4.89. The van der Waals surface area contributed by atoms with Crippen LogP contribution in [0.2, 0.25) is 0 Å². The first kappa shape index (κ1) is 26.4. The maximum Gasteiger partial charge on any atom is 0.294 e. The van der Waals surface area contributed by atoms with E-state index in [4.69, 9.17) is 0 Å². The zero-order valence-electron chi connectivity index (χ0n) is 21.4. The summed E-state index contributed by atoms with van der Waals surface area (Å²) in [5.41, 5.74) is 2.13. The molecule has 14 heteroatoms. The minimum atomic E-state index is -4.56. The molecule has 40 heavy (non-hydrogen) atoms. The zero-order chi connectivity index (χ0) is 28.1. The topological polar surface area (TPSA) is 180 Å². The van der Waals surface area contributed by atoms with E-state index in [1.807, 2.05) is 60.7 Å². The minimum Gasteiger partial charge on any atom is -0.324 e. The van der Waals surface area contributed by atoms with Gasteiger partial charge in [0.1, 0.15) is 11.6 Å². The number of nitrogens with zero attached hydrogens (tertiary/aromatic N) is 6. The van der Waals surface area contributed by atoms with Crippen LogP contribution in [0.25, 0.3) is 0 Å². The van der Waals surface area contributed by atoms with Crippen LogP contribution in [0.4, 0.5) is 46.5 Å². The SMILES string of the molecule is Cc1nc(Nc2ccccc2)nc(Nc2cc(Nc3nc(C)nc(Nc4ccccc4)n3)cc(S(=O)(=O)O)c2)n1. The van der Waals surface area contributed by atoms with Crippen molar-refractivity contribution in [1.29, 1.82) is 0 Å². The fraction of sp³-hybridized carbons (Fsp3) is 0.0769. The normalized spacial score (nSPS) is 11.1. The molecule has 0 fully saturated rings. The lowest BCUT2D eigenvalue weighted by Crippen LogP contribution is -2.08. The van der Waals surface area contributed by atoms with Crippen molar-refractivity contribution in [3.63, 3.8) is 0 Å². The summed E-state index contributed by atoms with van der Waals surface area (Å²) < 4.78 is 33.9. The van der Waals surface area contributed by atoms with Gasteiger partial charge in [-0.15, -0.1) is 0 Å². The van der Waals surface area contributed by atoms with E-state index in [0.29, 0.717) is 23.5 Å². The summed E-state index contributed by atoms with van der Waals surface area (Å²) >= 11 is 0. The van der Waals surface area contributed by atoms with Crippen LogP contribution in [-0.2, 0) is 10.1 Å². The Kier molecular flexibility index (Phi) is 7.43. The highest BCUT2D eigenvalue weighted by Crippen LogP contribution is 2.27. The molecule has 0 aliphatic carbocycles. The molecule has 5 aromatic rings. The van der Waals surface area contributed by atoms with Crippen molar-refractivity contribution in [3.8, 4) is 0 Å². The van der Waals surface area contributed by atoms with E-state index < -0.39 is 10.1 Å². The molecule has 0 amide bonds. The highest BCUT2D eigenvalue weighted by Gasteiger charge is 2.15. The molecular weight excluding hydrogens is 532 g/mol. The summed E-state index contributed by atoms with van der Waals surface area (Å²) in [7, 11) is -4.56. The molecule has 0 bridgehead atoms. The van der Waals surface area contributed by atoms with Crippen molar-refractivity contribution in [2.45, 2.75) is 18.7 Å². The smallest absolute Gasteiger partial charge is 0.294 e. The lowest BCUT2D eigenvalue weighted by atomic mass is 10.2. The van der Waals surface area contributed by atoms with E-state index >= 15 is 0 Å². The fourth-order valence-corrected chi connectivity index (χ4v) is 4.19. The van der Waals surface area contributed by atoms with Gasteiger partial charge in [-0.05, 0) is 56.3 Å². The summed E-state index contributed by atoms with van der Waals surface area (Å²) in [6.45, 7) is 3.41. The van der Waals surface area contributed by atoms with E-state index in [1.165, 1.54) is 12.1 Å². The molecule has 0 spiro atoms. The quantitative estimate of drug-likeness (QED) is 0.155. The predicted molar refractivity (Wildman–Crippen MR) is 151 cm³/mol. The third-order valence-corrected chi connectivity index (χ3v) is 6.10. The Bertz CT molecular complexity index is 1640. The standard InChI is InChI=1S/C26H24N10O3S/c1-16-27-23(31-18-9-5-3-6-10-18)35-25(29-16)33-20-13-21(15-22(14-20)40(37,38)39)34-26-30-17(2)28-24(36-26)32-19-11-7-4-8-12-19/h3-15H,1-2H3,(H,37,38,39)(H2,27,29,31,33,35)(H2,28,30,32,34,36). The number of aromatic nitrogens is 6. The lowest BCUT2D eigenvalue weighted by molar-refractivity contribution is 0.483. The molecule has 2 aromatic heterocycles. The summed E-state index contributed by atoms with van der Waals surface area (Å²) in [6, 6.07) is 22.8. The van der Waals surface area contributed by atoms with Gasteiger partial charge >= 0.3 is 0 Å². The number of aryl methyl sites for hydroxylation is 2. The average molecular weight is 557 g/mol. The molecule has 3 aromatic carbocycles. The van der Waals surface area contributed by atoms with Crippen molar-refractivity contribution < 1.29 is 13.0 Å². The molecule has 0 unspecified atom stereocenters. The largest absolute Gasteiger partial charge is 0.324 e. The number of para-hydroxylation sites is 2. The first-order valence-corrected chi connectivity index (χ1v) is 13.4. The molecule has 0 aliphatic rings. The summed E-state index contributed by atoms with van der Waals surface area (Å²) in [6.07, 6.45) is 0. The number of hydrogen-bond donors (Lipinski definition) is 5. The fourth-order valence-electron chi connectivity index (χ4n) is 3.64. The maximum absolute atomic E-state index is 12.1. The van der Waals surface area contributed by atoms with E-state index in [0.717, 1.165) is 11.4 Å². The molecule has 202 valence electrons. The van der Waals surface area contributed by atoms with Gasteiger partial charge in [-0.2, -0.15) is 38.3 Å².